The van der Waals surface area contributed by atoms with Crippen molar-refractivity contribution < 1.29 is 9.59 Å². The van der Waals surface area contributed by atoms with Gasteiger partial charge in [0, 0.05) is 18.8 Å². The van der Waals surface area contributed by atoms with Crippen LogP contribution >= 0.6 is 0 Å². The van der Waals surface area contributed by atoms with E-state index in [1.54, 1.807) is 0 Å². The van der Waals surface area contributed by atoms with Crippen LogP contribution in [0, 0.1) is 0 Å². The molecule has 0 aliphatic carbocycles. The molecule has 5 heteroatoms. The number of amides is 3. The Labute approximate surface area is 113 Å². The van der Waals surface area contributed by atoms with Gasteiger partial charge in [0.15, 0.2) is 0 Å². The predicted octanol–water partition coefficient (Wildman–Crippen LogP) is 1.28. The summed E-state index contributed by atoms with van der Waals surface area (Å²) in [7, 11) is 0. The van der Waals surface area contributed by atoms with E-state index in [1.165, 1.54) is 5.56 Å². The van der Waals surface area contributed by atoms with Crippen molar-refractivity contribution >= 4 is 17.6 Å². The zero-order chi connectivity index (χ0) is 13.7. The maximum Gasteiger partial charge on any atom is 0.321 e. The van der Waals surface area contributed by atoms with Crippen molar-refractivity contribution in [1.29, 1.82) is 0 Å². The summed E-state index contributed by atoms with van der Waals surface area (Å²) in [5, 5.41) is 4.87. The molecule has 0 spiro atoms. The van der Waals surface area contributed by atoms with Gasteiger partial charge in [0.1, 0.15) is 0 Å². The molecular formula is C14H19N3O2. The van der Waals surface area contributed by atoms with Gasteiger partial charge in [0.2, 0.25) is 5.91 Å². The topological polar surface area (TPSA) is 61.4 Å². The van der Waals surface area contributed by atoms with Crippen molar-refractivity contribution in [3.63, 3.8) is 0 Å². The smallest absolute Gasteiger partial charge is 0.321 e. The number of rotatable bonds is 3. The van der Waals surface area contributed by atoms with E-state index in [2.05, 4.69) is 16.7 Å². The predicted molar refractivity (Wildman–Crippen MR) is 74.2 cm³/mol. The molecule has 0 bridgehead atoms. The van der Waals surface area contributed by atoms with Gasteiger partial charge in [-0.3, -0.25) is 10.1 Å². The molecule has 19 heavy (non-hydrogen) atoms. The number of nitrogens with one attached hydrogen (secondary N) is 2. The van der Waals surface area contributed by atoms with Crippen LogP contribution in [-0.2, 0) is 11.2 Å². The first kappa shape index (κ1) is 13.4. The first-order chi connectivity index (χ1) is 9.20. The van der Waals surface area contributed by atoms with Crippen molar-refractivity contribution in [2.24, 2.45) is 0 Å². The molecule has 102 valence electrons. The maximum atomic E-state index is 11.8. The number of nitrogens with zero attached hydrogens (tertiary/aromatic N) is 1. The minimum Gasteiger partial charge on any atom is -0.362 e. The van der Waals surface area contributed by atoms with Gasteiger partial charge >= 0.3 is 6.03 Å². The molecular weight excluding hydrogens is 242 g/mol. The Balaban J connectivity index is 1.97. The number of fused-ring (bicyclic) bond motifs is 1. The van der Waals surface area contributed by atoms with Crippen molar-refractivity contribution in [3.8, 4) is 0 Å². The second kappa shape index (κ2) is 6.22. The largest absolute Gasteiger partial charge is 0.362 e. The number of para-hydroxylation sites is 1. The number of carbonyl (C=O) groups excluding carboxylic acids is 2. The maximum absolute atomic E-state index is 11.8. The van der Waals surface area contributed by atoms with Gasteiger partial charge in [-0.25, -0.2) is 4.79 Å². The molecule has 3 amide bonds. The van der Waals surface area contributed by atoms with Crippen molar-refractivity contribution in [2.45, 2.75) is 19.8 Å². The Bertz CT molecular complexity index is 474. The molecule has 1 heterocycles. The van der Waals surface area contributed by atoms with E-state index in [0.717, 1.165) is 25.1 Å². The Kier molecular flexibility index (Phi) is 4.39. The van der Waals surface area contributed by atoms with E-state index in [-0.39, 0.29) is 12.5 Å². The molecule has 2 N–H and O–H groups in total. The highest BCUT2D eigenvalue weighted by atomic mass is 16.2. The molecule has 0 unspecified atom stereocenters. The van der Waals surface area contributed by atoms with E-state index in [1.807, 2.05) is 30.0 Å². The van der Waals surface area contributed by atoms with E-state index < -0.39 is 6.03 Å². The Morgan fingerprint density at radius 3 is 2.89 bits per heavy atom. The van der Waals surface area contributed by atoms with E-state index in [4.69, 9.17) is 0 Å². The minimum absolute atomic E-state index is 0.216. The summed E-state index contributed by atoms with van der Waals surface area (Å²) in [4.78, 5) is 25.1. The molecule has 2 rings (SSSR count). The summed E-state index contributed by atoms with van der Waals surface area (Å²) in [6.07, 6.45) is 2.08. The fraction of sp³-hybridized carbons (Fsp3) is 0.429. The van der Waals surface area contributed by atoms with Crippen molar-refractivity contribution in [2.75, 3.05) is 24.5 Å². The molecule has 1 aliphatic heterocycles. The Morgan fingerprint density at radius 2 is 2.11 bits per heavy atom. The number of benzene rings is 1. The van der Waals surface area contributed by atoms with Gasteiger partial charge in [-0.1, -0.05) is 18.2 Å². The zero-order valence-corrected chi connectivity index (χ0v) is 11.1. The van der Waals surface area contributed by atoms with E-state index in [0.29, 0.717) is 6.54 Å². The number of urea groups is 1. The Morgan fingerprint density at radius 1 is 1.32 bits per heavy atom. The molecule has 0 saturated heterocycles. The lowest BCUT2D eigenvalue weighted by Gasteiger charge is -2.30. The first-order valence-electron chi connectivity index (χ1n) is 6.61. The van der Waals surface area contributed by atoms with Crippen LogP contribution in [0.1, 0.15) is 18.9 Å². The fourth-order valence-corrected chi connectivity index (χ4v) is 2.32. The molecule has 0 atom stereocenters. The van der Waals surface area contributed by atoms with Crippen LogP contribution in [0.5, 0.6) is 0 Å². The molecule has 0 fully saturated rings. The third-order valence-electron chi connectivity index (χ3n) is 3.13. The second-order valence-corrected chi connectivity index (χ2v) is 4.56. The van der Waals surface area contributed by atoms with E-state index in [9.17, 15) is 9.59 Å². The Hall–Kier alpha value is -2.04. The standard InChI is InChI=1S/C14H19N3O2/c1-2-15-14(19)16-13(18)10-17-9-5-7-11-6-3-4-8-12(11)17/h3-4,6,8H,2,5,7,9-10H2,1H3,(H2,15,16,18,19). The van der Waals surface area contributed by atoms with Crippen LogP contribution in [0.4, 0.5) is 10.5 Å². The van der Waals surface area contributed by atoms with Gasteiger partial charge in [0.25, 0.3) is 0 Å². The zero-order valence-electron chi connectivity index (χ0n) is 11.1. The summed E-state index contributed by atoms with van der Waals surface area (Å²) in [5.41, 5.74) is 2.36. The van der Waals surface area contributed by atoms with Crippen LogP contribution in [-0.4, -0.2) is 31.6 Å². The highest BCUT2D eigenvalue weighted by molar-refractivity contribution is 5.96. The lowest BCUT2D eigenvalue weighted by atomic mass is 10.0. The fourth-order valence-electron chi connectivity index (χ4n) is 2.32. The summed E-state index contributed by atoms with van der Waals surface area (Å²) in [6, 6.07) is 7.66. The van der Waals surface area contributed by atoms with Gasteiger partial charge in [0.05, 0.1) is 6.54 Å². The average molecular weight is 261 g/mol. The summed E-state index contributed by atoms with van der Waals surface area (Å²) in [5.74, 6) is -0.275. The average Bonchev–Trinajstić information content (AvgIpc) is 2.39. The molecule has 0 saturated carbocycles. The number of imide groups is 1. The summed E-state index contributed by atoms with van der Waals surface area (Å²) >= 11 is 0. The SMILES string of the molecule is CCNC(=O)NC(=O)CN1CCCc2ccccc21. The number of carbonyl (C=O) groups is 2. The number of aryl methyl sites for hydroxylation is 1. The second-order valence-electron chi connectivity index (χ2n) is 4.56. The van der Waals surface area contributed by atoms with Crippen LogP contribution in [0.25, 0.3) is 0 Å². The minimum atomic E-state index is -0.433. The van der Waals surface area contributed by atoms with Gasteiger partial charge in [-0.05, 0) is 31.4 Å². The lowest BCUT2D eigenvalue weighted by Crippen LogP contribution is -2.45. The highest BCUT2D eigenvalue weighted by Crippen LogP contribution is 2.26. The lowest BCUT2D eigenvalue weighted by molar-refractivity contribution is -0.118. The molecule has 5 nitrogen and oxygen atoms in total. The van der Waals surface area contributed by atoms with Crippen molar-refractivity contribution in [1.82, 2.24) is 10.6 Å². The first-order valence-corrected chi connectivity index (χ1v) is 6.61. The quantitative estimate of drug-likeness (QED) is 0.861. The molecule has 0 radical (unpaired) electrons. The van der Waals surface area contributed by atoms with Crippen LogP contribution in [0.3, 0.4) is 0 Å². The van der Waals surface area contributed by atoms with Gasteiger partial charge in [-0.15, -0.1) is 0 Å². The molecule has 1 aromatic rings. The number of hydrogen-bond donors (Lipinski definition) is 2. The monoisotopic (exact) mass is 261 g/mol. The van der Waals surface area contributed by atoms with Crippen molar-refractivity contribution in [3.05, 3.63) is 29.8 Å². The summed E-state index contributed by atoms with van der Waals surface area (Å²) in [6.45, 7) is 3.38. The molecule has 1 aliphatic rings. The van der Waals surface area contributed by atoms with Crippen LogP contribution < -0.4 is 15.5 Å². The highest BCUT2D eigenvalue weighted by Gasteiger charge is 2.19. The third kappa shape index (κ3) is 3.47. The van der Waals surface area contributed by atoms with Crippen LogP contribution in [0.2, 0.25) is 0 Å². The van der Waals surface area contributed by atoms with E-state index >= 15 is 0 Å². The van der Waals surface area contributed by atoms with Gasteiger partial charge < -0.3 is 10.2 Å². The normalized spacial score (nSPS) is 13.6. The molecule has 0 aromatic heterocycles. The summed E-state index contributed by atoms with van der Waals surface area (Å²) < 4.78 is 0. The third-order valence-corrected chi connectivity index (χ3v) is 3.13. The molecule has 1 aromatic carbocycles. The number of hydrogen-bond acceptors (Lipinski definition) is 3. The van der Waals surface area contributed by atoms with Gasteiger partial charge in [-0.2, -0.15) is 0 Å². The van der Waals surface area contributed by atoms with Crippen LogP contribution in [0.15, 0.2) is 24.3 Å². The number of anilines is 1.